The zero-order valence-electron chi connectivity index (χ0n) is 7.87. The zero-order chi connectivity index (χ0) is 9.19. The third kappa shape index (κ3) is 2.11. The number of aliphatic hydroxyl groups excluding tert-OH is 1. The molecule has 0 bridgehead atoms. The maximum absolute atomic E-state index is 9.25. The van der Waals surface area contributed by atoms with Crippen molar-refractivity contribution in [1.29, 1.82) is 0 Å². The predicted molar refractivity (Wildman–Crippen MR) is 48.0 cm³/mol. The molecule has 1 rings (SSSR count). The van der Waals surface area contributed by atoms with Gasteiger partial charge in [0.1, 0.15) is 5.76 Å². The molecule has 0 amide bonds. The van der Waals surface area contributed by atoms with Gasteiger partial charge in [0.25, 0.3) is 0 Å². The molecule has 0 aliphatic heterocycles. The van der Waals surface area contributed by atoms with Crippen LogP contribution in [-0.4, -0.2) is 11.2 Å². The number of hydrogen-bond donors (Lipinski definition) is 1. The van der Waals surface area contributed by atoms with Crippen LogP contribution in [-0.2, 0) is 5.41 Å². The van der Waals surface area contributed by atoms with Crippen LogP contribution in [0.2, 0.25) is 0 Å². The van der Waals surface area contributed by atoms with E-state index in [1.165, 1.54) is 0 Å². The van der Waals surface area contributed by atoms with Crippen LogP contribution < -0.4 is 0 Å². The highest BCUT2D eigenvalue weighted by molar-refractivity contribution is 5.10. The Morgan fingerprint density at radius 1 is 1.58 bits per heavy atom. The highest BCUT2D eigenvalue weighted by Gasteiger charge is 2.25. The van der Waals surface area contributed by atoms with Crippen LogP contribution in [0.5, 0.6) is 0 Å². The average molecular weight is 168 g/mol. The molecule has 0 radical (unpaired) electrons. The molecule has 1 N–H and O–H groups in total. The van der Waals surface area contributed by atoms with Crippen molar-refractivity contribution in [3.8, 4) is 0 Å². The molecule has 2 nitrogen and oxygen atoms in total. The molecule has 0 saturated carbocycles. The van der Waals surface area contributed by atoms with Crippen LogP contribution in [0.4, 0.5) is 0 Å². The molecule has 0 fully saturated rings. The molecular weight excluding hydrogens is 152 g/mol. The van der Waals surface area contributed by atoms with Crippen molar-refractivity contribution in [2.75, 3.05) is 0 Å². The summed E-state index contributed by atoms with van der Waals surface area (Å²) in [5.41, 5.74) is -0.0718. The number of furan rings is 1. The smallest absolute Gasteiger partial charge is 0.109 e. The van der Waals surface area contributed by atoms with Crippen LogP contribution in [0.3, 0.4) is 0 Å². The highest BCUT2D eigenvalue weighted by atomic mass is 16.3. The van der Waals surface area contributed by atoms with Gasteiger partial charge >= 0.3 is 0 Å². The summed E-state index contributed by atoms with van der Waals surface area (Å²) in [5, 5.41) is 9.25. The number of aliphatic hydroxyl groups is 1. The summed E-state index contributed by atoms with van der Waals surface area (Å²) in [6, 6.07) is 3.82. The minimum atomic E-state index is -0.287. The van der Waals surface area contributed by atoms with Crippen LogP contribution in [0.25, 0.3) is 0 Å². The lowest BCUT2D eigenvalue weighted by Gasteiger charge is -2.23. The van der Waals surface area contributed by atoms with Gasteiger partial charge in [0.2, 0.25) is 0 Å². The summed E-state index contributed by atoms with van der Waals surface area (Å²) in [6.07, 6.45) is 2.10. The van der Waals surface area contributed by atoms with E-state index in [1.807, 2.05) is 12.1 Å². The van der Waals surface area contributed by atoms with Crippen molar-refractivity contribution >= 4 is 0 Å². The third-order valence-electron chi connectivity index (χ3n) is 1.99. The molecular formula is C10H16O2. The second-order valence-electron chi connectivity index (χ2n) is 3.91. The van der Waals surface area contributed by atoms with Crippen molar-refractivity contribution in [3.05, 3.63) is 24.2 Å². The fourth-order valence-electron chi connectivity index (χ4n) is 1.50. The molecule has 1 aromatic rings. The predicted octanol–water partition coefficient (Wildman–Crippen LogP) is 2.33. The minimum absolute atomic E-state index is 0.0718. The molecule has 0 aromatic carbocycles. The van der Waals surface area contributed by atoms with Gasteiger partial charge in [-0.25, -0.2) is 0 Å². The van der Waals surface area contributed by atoms with Gasteiger partial charge < -0.3 is 9.52 Å². The van der Waals surface area contributed by atoms with Crippen LogP contribution in [0, 0.1) is 0 Å². The fourth-order valence-corrected chi connectivity index (χ4v) is 1.50. The van der Waals surface area contributed by atoms with E-state index in [-0.39, 0.29) is 11.5 Å². The van der Waals surface area contributed by atoms with E-state index in [0.29, 0.717) is 0 Å². The molecule has 0 aliphatic rings. The maximum atomic E-state index is 9.25. The molecule has 0 saturated heterocycles. The fraction of sp³-hybridized carbons (Fsp3) is 0.600. The maximum Gasteiger partial charge on any atom is 0.109 e. The molecule has 1 atom stereocenters. The van der Waals surface area contributed by atoms with Crippen molar-refractivity contribution in [2.24, 2.45) is 0 Å². The molecule has 0 aliphatic carbocycles. The average Bonchev–Trinajstić information content (AvgIpc) is 2.32. The van der Waals surface area contributed by atoms with E-state index >= 15 is 0 Å². The Morgan fingerprint density at radius 2 is 2.25 bits per heavy atom. The van der Waals surface area contributed by atoms with Crippen LogP contribution >= 0.6 is 0 Å². The minimum Gasteiger partial charge on any atom is -0.469 e. The first-order valence-corrected chi connectivity index (χ1v) is 4.24. The van der Waals surface area contributed by atoms with Crippen LogP contribution in [0.1, 0.15) is 33.0 Å². The van der Waals surface area contributed by atoms with Gasteiger partial charge in [-0.2, -0.15) is 0 Å². The Bertz CT molecular complexity index is 222. The molecule has 1 aromatic heterocycles. The Hall–Kier alpha value is -0.760. The molecule has 68 valence electrons. The summed E-state index contributed by atoms with van der Waals surface area (Å²) in [4.78, 5) is 0. The second-order valence-corrected chi connectivity index (χ2v) is 3.91. The zero-order valence-corrected chi connectivity index (χ0v) is 7.87. The van der Waals surface area contributed by atoms with Gasteiger partial charge in [-0.3, -0.25) is 0 Å². The lowest BCUT2D eigenvalue weighted by molar-refractivity contribution is 0.149. The van der Waals surface area contributed by atoms with Gasteiger partial charge in [0.05, 0.1) is 12.4 Å². The summed E-state index contributed by atoms with van der Waals surface area (Å²) in [7, 11) is 0. The molecule has 12 heavy (non-hydrogen) atoms. The van der Waals surface area contributed by atoms with Gasteiger partial charge in [0, 0.05) is 5.41 Å². The first kappa shape index (κ1) is 9.33. The van der Waals surface area contributed by atoms with Gasteiger partial charge in [-0.15, -0.1) is 0 Å². The SMILES string of the molecule is CC(O)CC(C)(C)c1ccco1. The van der Waals surface area contributed by atoms with Crippen molar-refractivity contribution in [2.45, 2.75) is 38.7 Å². The standard InChI is InChI=1S/C10H16O2/c1-8(11)7-10(2,3)9-5-4-6-12-9/h4-6,8,11H,7H2,1-3H3. The lowest BCUT2D eigenvalue weighted by Crippen LogP contribution is -2.22. The Balaban J connectivity index is 2.72. The van der Waals surface area contributed by atoms with E-state index in [0.717, 1.165) is 12.2 Å². The molecule has 1 heterocycles. The quantitative estimate of drug-likeness (QED) is 0.751. The summed E-state index contributed by atoms with van der Waals surface area (Å²) in [5.74, 6) is 0.934. The van der Waals surface area contributed by atoms with Gasteiger partial charge in [-0.05, 0) is 25.5 Å². The Kier molecular flexibility index (Phi) is 2.58. The summed E-state index contributed by atoms with van der Waals surface area (Å²) < 4.78 is 5.29. The van der Waals surface area contributed by atoms with Crippen LogP contribution in [0.15, 0.2) is 22.8 Å². The van der Waals surface area contributed by atoms with E-state index in [1.54, 1.807) is 13.2 Å². The van der Waals surface area contributed by atoms with Crippen molar-refractivity contribution < 1.29 is 9.52 Å². The Labute approximate surface area is 73.2 Å². The van der Waals surface area contributed by atoms with Crippen molar-refractivity contribution in [3.63, 3.8) is 0 Å². The topological polar surface area (TPSA) is 33.4 Å². The van der Waals surface area contributed by atoms with E-state index in [2.05, 4.69) is 13.8 Å². The van der Waals surface area contributed by atoms with E-state index < -0.39 is 0 Å². The first-order valence-electron chi connectivity index (χ1n) is 4.24. The van der Waals surface area contributed by atoms with Gasteiger partial charge in [-0.1, -0.05) is 13.8 Å². The molecule has 1 unspecified atom stereocenters. The Morgan fingerprint density at radius 3 is 2.67 bits per heavy atom. The van der Waals surface area contributed by atoms with E-state index in [9.17, 15) is 5.11 Å². The monoisotopic (exact) mass is 168 g/mol. The lowest BCUT2D eigenvalue weighted by atomic mass is 9.84. The summed E-state index contributed by atoms with van der Waals surface area (Å²) >= 11 is 0. The normalized spacial score (nSPS) is 14.7. The highest BCUT2D eigenvalue weighted by Crippen LogP contribution is 2.28. The summed E-state index contributed by atoms with van der Waals surface area (Å²) in [6.45, 7) is 5.93. The van der Waals surface area contributed by atoms with Crippen molar-refractivity contribution in [1.82, 2.24) is 0 Å². The third-order valence-corrected chi connectivity index (χ3v) is 1.99. The molecule has 2 heteroatoms. The first-order chi connectivity index (χ1) is 5.52. The number of rotatable bonds is 3. The largest absolute Gasteiger partial charge is 0.469 e. The van der Waals surface area contributed by atoms with Gasteiger partial charge in [0.15, 0.2) is 0 Å². The second kappa shape index (κ2) is 3.31. The number of hydrogen-bond acceptors (Lipinski definition) is 2. The van der Waals surface area contributed by atoms with E-state index in [4.69, 9.17) is 4.42 Å². The molecule has 0 spiro atoms.